The first-order valence-electron chi connectivity index (χ1n) is 8.30. The second-order valence-corrected chi connectivity index (χ2v) is 6.73. The van der Waals surface area contributed by atoms with Crippen molar-refractivity contribution in [3.05, 3.63) is 74.2 Å². The van der Waals surface area contributed by atoms with E-state index in [2.05, 4.69) is 16.8 Å². The van der Waals surface area contributed by atoms with Gasteiger partial charge >= 0.3 is 5.97 Å². The number of nitro groups is 1. The summed E-state index contributed by atoms with van der Waals surface area (Å²) in [4.78, 5) is 35.5. The Balaban J connectivity index is 2.15. The highest BCUT2D eigenvalue weighted by Gasteiger charge is 2.51. The second-order valence-electron chi connectivity index (χ2n) is 6.73. The van der Waals surface area contributed by atoms with Crippen molar-refractivity contribution >= 4 is 11.7 Å². The molecular weight excluding hydrogens is 354 g/mol. The second kappa shape index (κ2) is 6.84. The zero-order valence-electron chi connectivity index (χ0n) is 14.6. The van der Waals surface area contributed by atoms with Gasteiger partial charge in [0.05, 0.1) is 16.4 Å². The van der Waals surface area contributed by atoms with E-state index in [4.69, 9.17) is 4.74 Å². The van der Waals surface area contributed by atoms with Crippen LogP contribution in [0.25, 0.3) is 0 Å². The number of carbonyl (C=O) groups excluding carboxylic acids is 1. The maximum Gasteiger partial charge on any atom is 0.313 e. The third-order valence-electron chi connectivity index (χ3n) is 4.81. The number of hydrogen-bond donors (Lipinski definition) is 3. The number of nitrogens with zero attached hydrogens (tertiary/aromatic N) is 1. The highest BCUT2D eigenvalue weighted by atomic mass is 16.6. The van der Waals surface area contributed by atoms with E-state index >= 15 is 0 Å². The first-order chi connectivity index (χ1) is 12.8. The molecule has 27 heavy (non-hydrogen) atoms. The molecule has 0 unspecified atom stereocenters. The first kappa shape index (κ1) is 18.6. The Morgan fingerprint density at radius 1 is 1.44 bits per heavy atom. The number of rotatable bonds is 5. The third kappa shape index (κ3) is 3.28. The predicted molar refractivity (Wildman–Crippen MR) is 95.3 cm³/mol. The van der Waals surface area contributed by atoms with Gasteiger partial charge < -0.3 is 14.9 Å². The number of benzene rings is 1. The summed E-state index contributed by atoms with van der Waals surface area (Å²) in [6.07, 6.45) is 1.46. The number of aromatic nitrogens is 2. The number of nitrogens with one attached hydrogen (secondary N) is 2. The first-order valence-corrected chi connectivity index (χ1v) is 8.30. The summed E-state index contributed by atoms with van der Waals surface area (Å²) in [5.41, 5.74) is -0.728. The van der Waals surface area contributed by atoms with Gasteiger partial charge in [-0.25, -0.2) is 0 Å². The molecule has 2 aromatic rings. The number of non-ortho nitro benzene ring substituents is 1. The fourth-order valence-electron chi connectivity index (χ4n) is 3.65. The molecule has 1 aromatic carbocycles. The minimum absolute atomic E-state index is 0.0330. The van der Waals surface area contributed by atoms with Crippen LogP contribution in [0, 0.1) is 16.0 Å². The SMILES string of the molecule is C=CCOC(=O)[C@@H]1[C@H](c2ccc([N+](=O)[O-])cc2)c2c([nH][nH]c2=O)C[C@@]1(C)O. The van der Waals surface area contributed by atoms with Gasteiger partial charge in [0, 0.05) is 35.7 Å². The van der Waals surface area contributed by atoms with Crippen LogP contribution in [0.1, 0.15) is 29.7 Å². The van der Waals surface area contributed by atoms with Crippen molar-refractivity contribution in [2.24, 2.45) is 5.92 Å². The summed E-state index contributed by atoms with van der Waals surface area (Å²) in [7, 11) is 0. The third-order valence-corrected chi connectivity index (χ3v) is 4.81. The lowest BCUT2D eigenvalue weighted by molar-refractivity contribution is -0.384. The van der Waals surface area contributed by atoms with E-state index < -0.39 is 33.9 Å². The van der Waals surface area contributed by atoms with Crippen LogP contribution in [0.3, 0.4) is 0 Å². The molecule has 3 atom stereocenters. The van der Waals surface area contributed by atoms with Gasteiger partial charge in [-0.15, -0.1) is 0 Å². The Morgan fingerprint density at radius 3 is 2.70 bits per heavy atom. The molecule has 0 amide bonds. The van der Waals surface area contributed by atoms with Gasteiger partial charge in [0.15, 0.2) is 0 Å². The minimum Gasteiger partial charge on any atom is -0.461 e. The Bertz CT molecular complexity index is 941. The van der Waals surface area contributed by atoms with Crippen molar-refractivity contribution in [1.29, 1.82) is 0 Å². The molecule has 3 rings (SSSR count). The van der Waals surface area contributed by atoms with Gasteiger partial charge in [-0.3, -0.25) is 24.8 Å². The van der Waals surface area contributed by atoms with Crippen LogP contribution < -0.4 is 5.56 Å². The van der Waals surface area contributed by atoms with Crippen LogP contribution >= 0.6 is 0 Å². The highest BCUT2D eigenvalue weighted by Crippen LogP contribution is 2.44. The summed E-state index contributed by atoms with van der Waals surface area (Å²) in [5, 5.41) is 27.1. The maximum atomic E-state index is 12.7. The normalized spacial score (nSPS) is 24.1. The van der Waals surface area contributed by atoms with Gasteiger partial charge in [0.2, 0.25) is 0 Å². The van der Waals surface area contributed by atoms with Gasteiger partial charge in [-0.1, -0.05) is 24.8 Å². The molecule has 0 fully saturated rings. The monoisotopic (exact) mass is 373 g/mol. The lowest BCUT2D eigenvalue weighted by Crippen LogP contribution is -2.50. The molecule has 142 valence electrons. The number of ether oxygens (including phenoxy) is 1. The largest absolute Gasteiger partial charge is 0.461 e. The molecule has 1 aromatic heterocycles. The molecule has 0 bridgehead atoms. The number of esters is 1. The number of nitro benzene ring substituents is 1. The summed E-state index contributed by atoms with van der Waals surface area (Å²) in [6, 6.07) is 5.55. The average Bonchev–Trinajstić information content (AvgIpc) is 2.97. The molecule has 9 heteroatoms. The van der Waals surface area contributed by atoms with Crippen LogP contribution in [0.5, 0.6) is 0 Å². The Labute approximate surface area is 153 Å². The van der Waals surface area contributed by atoms with Crippen molar-refractivity contribution in [3.63, 3.8) is 0 Å². The predicted octanol–water partition coefficient (Wildman–Crippen LogP) is 1.40. The smallest absolute Gasteiger partial charge is 0.313 e. The van der Waals surface area contributed by atoms with E-state index in [9.17, 15) is 24.8 Å². The summed E-state index contributed by atoms with van der Waals surface area (Å²) >= 11 is 0. The van der Waals surface area contributed by atoms with Crippen molar-refractivity contribution in [1.82, 2.24) is 10.2 Å². The molecule has 1 heterocycles. The topological polar surface area (TPSA) is 138 Å². The van der Waals surface area contributed by atoms with E-state index in [-0.39, 0.29) is 18.7 Å². The number of fused-ring (bicyclic) bond motifs is 1. The van der Waals surface area contributed by atoms with E-state index in [0.29, 0.717) is 16.8 Å². The molecule has 3 N–H and O–H groups in total. The number of H-pyrrole nitrogens is 2. The molecule has 1 aliphatic rings. The van der Waals surface area contributed by atoms with Gasteiger partial charge in [0.1, 0.15) is 6.61 Å². The van der Waals surface area contributed by atoms with Crippen LogP contribution in [-0.4, -0.2) is 38.4 Å². The average molecular weight is 373 g/mol. The number of hydrogen-bond acceptors (Lipinski definition) is 6. The van der Waals surface area contributed by atoms with Crippen LogP contribution in [0.4, 0.5) is 5.69 Å². The zero-order chi connectivity index (χ0) is 19.8. The van der Waals surface area contributed by atoms with Gasteiger partial charge in [-0.2, -0.15) is 0 Å². The molecule has 1 aliphatic carbocycles. The molecule has 9 nitrogen and oxygen atoms in total. The summed E-state index contributed by atoms with van der Waals surface area (Å²) in [5.74, 6) is -2.56. The van der Waals surface area contributed by atoms with E-state index in [0.717, 1.165) is 0 Å². The lowest BCUT2D eigenvalue weighted by Gasteiger charge is -2.40. The fraction of sp³-hybridized carbons (Fsp3) is 0.333. The van der Waals surface area contributed by atoms with E-state index in [1.807, 2.05) is 0 Å². The Hall–Kier alpha value is -3.20. The Kier molecular flexibility index (Phi) is 4.71. The highest BCUT2D eigenvalue weighted by molar-refractivity contribution is 5.77. The minimum atomic E-state index is -1.50. The quantitative estimate of drug-likeness (QED) is 0.313. The molecular formula is C18H19N3O6. The van der Waals surface area contributed by atoms with Gasteiger partial charge in [-0.05, 0) is 12.5 Å². The van der Waals surface area contributed by atoms with Crippen molar-refractivity contribution in [3.8, 4) is 0 Å². The van der Waals surface area contributed by atoms with Crippen LogP contribution in [0.15, 0.2) is 41.7 Å². The lowest BCUT2D eigenvalue weighted by atomic mass is 9.66. The molecule has 0 saturated carbocycles. The Morgan fingerprint density at radius 2 is 2.11 bits per heavy atom. The van der Waals surface area contributed by atoms with Crippen molar-refractivity contribution in [2.45, 2.75) is 24.9 Å². The van der Waals surface area contributed by atoms with E-state index in [1.165, 1.54) is 37.3 Å². The summed E-state index contributed by atoms with van der Waals surface area (Å²) < 4.78 is 5.16. The molecule has 0 radical (unpaired) electrons. The molecule has 0 saturated heterocycles. The summed E-state index contributed by atoms with van der Waals surface area (Å²) in [6.45, 7) is 4.96. The fourth-order valence-corrected chi connectivity index (χ4v) is 3.65. The molecule has 0 aliphatic heterocycles. The zero-order valence-corrected chi connectivity index (χ0v) is 14.6. The van der Waals surface area contributed by atoms with Crippen molar-refractivity contribution < 1.29 is 19.6 Å². The molecule has 0 spiro atoms. The number of aliphatic hydroxyl groups is 1. The van der Waals surface area contributed by atoms with Crippen LogP contribution in [0.2, 0.25) is 0 Å². The number of aromatic amines is 2. The maximum absolute atomic E-state index is 12.7. The number of carbonyl (C=O) groups is 1. The van der Waals surface area contributed by atoms with Crippen molar-refractivity contribution in [2.75, 3.05) is 6.61 Å². The standard InChI is InChI=1S/C18H19N3O6/c1-3-8-27-17(23)15-13(10-4-6-11(7-5-10)21(25)26)14-12(9-18(15,2)24)19-20-16(14)22/h3-7,13,15,24H,1,8-9H2,2H3,(H2,19,20,22)/t13-,15+,18-/m1/s1. The van der Waals surface area contributed by atoms with Crippen LogP contribution in [-0.2, 0) is 16.0 Å². The van der Waals surface area contributed by atoms with Gasteiger partial charge in [0.25, 0.3) is 11.2 Å². The van der Waals surface area contributed by atoms with E-state index in [1.54, 1.807) is 0 Å².